The van der Waals surface area contributed by atoms with Gasteiger partial charge in [0.05, 0.1) is 11.9 Å². The molecule has 32 heavy (non-hydrogen) atoms. The number of hydrogen-bond donors (Lipinski definition) is 0. The number of hydrogen-bond acceptors (Lipinski definition) is 4. The predicted molar refractivity (Wildman–Crippen MR) is 106 cm³/mol. The molecule has 0 N–H and O–H groups in total. The molecule has 11 heteroatoms. The van der Waals surface area contributed by atoms with Gasteiger partial charge in [0, 0.05) is 38.2 Å². The van der Waals surface area contributed by atoms with E-state index in [2.05, 4.69) is 10.1 Å². The molecule has 0 saturated carbocycles. The van der Waals surface area contributed by atoms with Gasteiger partial charge in [-0.05, 0) is 30.3 Å². The topological polar surface area (TPSA) is 70.8 Å². The summed E-state index contributed by atoms with van der Waals surface area (Å²) in [6, 6.07) is 5.73. The zero-order valence-electron chi connectivity index (χ0n) is 17.1. The fourth-order valence-electron chi connectivity index (χ4n) is 3.60. The number of benzene rings is 1. The van der Waals surface area contributed by atoms with Crippen molar-refractivity contribution in [3.63, 3.8) is 0 Å². The van der Waals surface area contributed by atoms with Gasteiger partial charge in [0.1, 0.15) is 17.1 Å². The molecule has 168 valence electrons. The third-order valence-electron chi connectivity index (χ3n) is 5.31. The van der Waals surface area contributed by atoms with E-state index >= 15 is 0 Å². The van der Waals surface area contributed by atoms with Gasteiger partial charge >= 0.3 is 6.18 Å². The maximum absolute atomic E-state index is 13.7. The Balaban J connectivity index is 1.68. The third-order valence-corrected chi connectivity index (χ3v) is 5.31. The van der Waals surface area contributed by atoms with Crippen LogP contribution in [-0.2, 0) is 11.0 Å². The summed E-state index contributed by atoms with van der Waals surface area (Å²) >= 11 is 0. The fraction of sp³-hybridized carbons (Fsp3) is 0.333. The summed E-state index contributed by atoms with van der Waals surface area (Å²) in [5.41, 5.74) is -1.46. The van der Waals surface area contributed by atoms with Crippen LogP contribution in [0.25, 0.3) is 16.9 Å². The van der Waals surface area contributed by atoms with E-state index in [-0.39, 0.29) is 35.9 Å². The van der Waals surface area contributed by atoms with Crippen LogP contribution in [0.1, 0.15) is 29.4 Å². The number of imidazole rings is 1. The third kappa shape index (κ3) is 4.14. The van der Waals surface area contributed by atoms with Gasteiger partial charge in [0.15, 0.2) is 5.65 Å². The van der Waals surface area contributed by atoms with Gasteiger partial charge in [0.25, 0.3) is 5.91 Å². The van der Waals surface area contributed by atoms with E-state index in [0.717, 1.165) is 28.9 Å². The monoisotopic (exact) mass is 449 g/mol. The Labute approximate surface area is 180 Å². The number of rotatable bonds is 3. The number of halogens is 4. The molecule has 4 rings (SSSR count). The van der Waals surface area contributed by atoms with Crippen molar-refractivity contribution in [3.05, 3.63) is 53.6 Å². The van der Waals surface area contributed by atoms with Crippen LogP contribution in [-0.4, -0.2) is 62.4 Å². The highest BCUT2D eigenvalue weighted by Crippen LogP contribution is 2.34. The summed E-state index contributed by atoms with van der Waals surface area (Å²) in [6.45, 7) is 2.98. The lowest BCUT2D eigenvalue weighted by atomic mass is 10.1. The Morgan fingerprint density at radius 1 is 1.03 bits per heavy atom. The number of aromatic nitrogens is 3. The van der Waals surface area contributed by atoms with Crippen LogP contribution in [0, 0.1) is 5.82 Å². The summed E-state index contributed by atoms with van der Waals surface area (Å²) in [5.74, 6) is -1.07. The molecule has 0 atom stereocenters. The molecular formula is C21H19F4N5O2. The SMILES string of the molecule is CCC(=O)N1CCN(C(=O)c2cn3nc(-c4ccc(F)cc4)cc(C(F)(F)F)c3n2)CC1. The molecule has 1 fully saturated rings. The Morgan fingerprint density at radius 2 is 1.66 bits per heavy atom. The van der Waals surface area contributed by atoms with E-state index in [4.69, 9.17) is 0 Å². The Hall–Kier alpha value is -3.50. The molecule has 3 heterocycles. The average molecular weight is 449 g/mol. The Morgan fingerprint density at radius 3 is 2.25 bits per heavy atom. The van der Waals surface area contributed by atoms with Crippen molar-refractivity contribution in [1.82, 2.24) is 24.4 Å². The van der Waals surface area contributed by atoms with Crippen LogP contribution in [0.3, 0.4) is 0 Å². The molecule has 3 aromatic rings. The molecule has 0 bridgehead atoms. The molecule has 1 aliphatic rings. The molecule has 1 aromatic carbocycles. The van der Waals surface area contributed by atoms with Crippen molar-refractivity contribution in [3.8, 4) is 11.3 Å². The summed E-state index contributed by atoms with van der Waals surface area (Å²) in [4.78, 5) is 31.7. The van der Waals surface area contributed by atoms with Crippen molar-refractivity contribution in [2.24, 2.45) is 0 Å². The highest BCUT2D eigenvalue weighted by Gasteiger charge is 2.36. The number of nitrogens with zero attached hydrogens (tertiary/aromatic N) is 5. The first kappa shape index (κ1) is 21.7. The first-order valence-electron chi connectivity index (χ1n) is 9.98. The van der Waals surface area contributed by atoms with Crippen LogP contribution < -0.4 is 0 Å². The minimum absolute atomic E-state index is 0.0165. The normalized spacial score (nSPS) is 14.8. The maximum Gasteiger partial charge on any atom is 0.420 e. The second-order valence-electron chi connectivity index (χ2n) is 7.37. The Bertz CT molecular complexity index is 1170. The van der Waals surface area contributed by atoms with Crippen molar-refractivity contribution < 1.29 is 27.2 Å². The molecule has 7 nitrogen and oxygen atoms in total. The van der Waals surface area contributed by atoms with Crippen LogP contribution in [0.15, 0.2) is 36.5 Å². The van der Waals surface area contributed by atoms with E-state index in [0.29, 0.717) is 19.5 Å². The van der Waals surface area contributed by atoms with Crippen molar-refractivity contribution >= 4 is 17.5 Å². The van der Waals surface area contributed by atoms with Crippen molar-refractivity contribution in [2.75, 3.05) is 26.2 Å². The van der Waals surface area contributed by atoms with Crippen LogP contribution >= 0.6 is 0 Å². The van der Waals surface area contributed by atoms with Crippen LogP contribution in [0.4, 0.5) is 17.6 Å². The second kappa shape index (κ2) is 8.21. The minimum atomic E-state index is -4.74. The van der Waals surface area contributed by atoms with E-state index in [1.165, 1.54) is 17.0 Å². The maximum atomic E-state index is 13.7. The fourth-order valence-corrected chi connectivity index (χ4v) is 3.60. The van der Waals surface area contributed by atoms with Crippen LogP contribution in [0.5, 0.6) is 0 Å². The second-order valence-corrected chi connectivity index (χ2v) is 7.37. The number of carbonyl (C=O) groups excluding carboxylic acids is 2. The minimum Gasteiger partial charge on any atom is -0.339 e. The zero-order chi connectivity index (χ0) is 23.0. The quantitative estimate of drug-likeness (QED) is 0.576. The molecule has 0 radical (unpaired) electrons. The lowest BCUT2D eigenvalue weighted by Crippen LogP contribution is -2.50. The van der Waals surface area contributed by atoms with Crippen LogP contribution in [0.2, 0.25) is 0 Å². The molecular weight excluding hydrogens is 430 g/mol. The molecule has 0 unspecified atom stereocenters. The van der Waals surface area contributed by atoms with Gasteiger partial charge < -0.3 is 9.80 Å². The molecule has 2 aromatic heterocycles. The predicted octanol–water partition coefficient (Wildman–Crippen LogP) is 3.25. The largest absolute Gasteiger partial charge is 0.420 e. The number of fused-ring (bicyclic) bond motifs is 1. The molecule has 2 amide bonds. The first-order chi connectivity index (χ1) is 15.2. The summed E-state index contributed by atoms with van der Waals surface area (Å²) < 4.78 is 55.3. The first-order valence-corrected chi connectivity index (χ1v) is 9.98. The van der Waals surface area contributed by atoms with E-state index in [9.17, 15) is 27.2 Å². The van der Waals surface area contributed by atoms with E-state index in [1.807, 2.05) is 0 Å². The van der Waals surface area contributed by atoms with E-state index < -0.39 is 29.1 Å². The van der Waals surface area contributed by atoms with Gasteiger partial charge in [-0.3, -0.25) is 9.59 Å². The van der Waals surface area contributed by atoms with Gasteiger partial charge in [-0.15, -0.1) is 0 Å². The highest BCUT2D eigenvalue weighted by atomic mass is 19.4. The number of carbonyl (C=O) groups is 2. The number of piperazine rings is 1. The lowest BCUT2D eigenvalue weighted by molar-refractivity contribution is -0.136. The number of alkyl halides is 3. The number of amides is 2. The standard InChI is InChI=1S/C21H19F4N5O2/c1-2-18(31)28-7-9-29(10-8-28)20(32)17-12-30-19(26-17)15(21(23,24)25)11-16(27-30)13-3-5-14(22)6-4-13/h3-6,11-12H,2,7-10H2,1H3. The molecule has 0 spiro atoms. The highest BCUT2D eigenvalue weighted by molar-refractivity contribution is 5.93. The summed E-state index contributed by atoms with van der Waals surface area (Å²) in [7, 11) is 0. The smallest absolute Gasteiger partial charge is 0.339 e. The van der Waals surface area contributed by atoms with Gasteiger partial charge in [-0.1, -0.05) is 6.92 Å². The molecule has 1 aliphatic heterocycles. The molecule has 0 aliphatic carbocycles. The Kier molecular flexibility index (Phi) is 5.57. The summed E-state index contributed by atoms with van der Waals surface area (Å²) in [5, 5.41) is 4.15. The van der Waals surface area contributed by atoms with Gasteiger partial charge in [-0.2, -0.15) is 18.3 Å². The van der Waals surface area contributed by atoms with Crippen molar-refractivity contribution in [1.29, 1.82) is 0 Å². The molecule has 1 saturated heterocycles. The van der Waals surface area contributed by atoms with Gasteiger partial charge in [-0.25, -0.2) is 13.9 Å². The van der Waals surface area contributed by atoms with E-state index in [1.54, 1.807) is 11.8 Å². The summed E-state index contributed by atoms with van der Waals surface area (Å²) in [6.07, 6.45) is -3.22. The average Bonchev–Trinajstić information content (AvgIpc) is 3.21. The lowest BCUT2D eigenvalue weighted by Gasteiger charge is -2.34. The van der Waals surface area contributed by atoms with Crippen molar-refractivity contribution in [2.45, 2.75) is 19.5 Å². The van der Waals surface area contributed by atoms with Gasteiger partial charge in [0.2, 0.25) is 5.91 Å². The zero-order valence-corrected chi connectivity index (χ0v) is 17.1.